The minimum absolute atomic E-state index is 0.287. The van der Waals surface area contributed by atoms with E-state index < -0.39 is 12.1 Å². The summed E-state index contributed by atoms with van der Waals surface area (Å²) >= 11 is 0. The van der Waals surface area contributed by atoms with E-state index in [9.17, 15) is 9.59 Å². The molecule has 0 aliphatic carbocycles. The summed E-state index contributed by atoms with van der Waals surface area (Å²) in [6.07, 6.45) is 4.59. The zero-order valence-electron chi connectivity index (χ0n) is 23.5. The van der Waals surface area contributed by atoms with Crippen molar-refractivity contribution in [2.75, 3.05) is 62.2 Å². The molecule has 0 saturated carbocycles. The summed E-state index contributed by atoms with van der Waals surface area (Å²) in [7, 11) is 11.2. The molecule has 0 aliphatic heterocycles. The second kappa shape index (κ2) is 12.2. The van der Waals surface area contributed by atoms with Gasteiger partial charge in [-0.1, -0.05) is 0 Å². The van der Waals surface area contributed by atoms with E-state index in [1.807, 2.05) is 70.8 Å². The fourth-order valence-corrected chi connectivity index (χ4v) is 4.53. The number of methoxy groups -OCH3 is 2. The summed E-state index contributed by atoms with van der Waals surface area (Å²) in [6.45, 7) is 1.39. The Hall–Kier alpha value is -4.02. The molecule has 0 saturated heterocycles. The predicted molar refractivity (Wildman–Crippen MR) is 152 cm³/mol. The molecule has 0 bridgehead atoms. The number of nitrogens with one attached hydrogen (secondary N) is 1. The van der Waals surface area contributed by atoms with Gasteiger partial charge in [0, 0.05) is 48.4 Å². The maximum Gasteiger partial charge on any atom is 0.420 e. The number of hydrogen-bond donors (Lipinski definition) is 1. The highest BCUT2D eigenvalue weighted by molar-refractivity contribution is 5.95. The molecule has 2 heterocycles. The second-order valence-electron chi connectivity index (χ2n) is 9.96. The highest BCUT2D eigenvalue weighted by Crippen LogP contribution is 2.28. The Morgan fingerprint density at radius 1 is 0.769 bits per heavy atom. The first-order valence-corrected chi connectivity index (χ1v) is 12.8. The fourth-order valence-electron chi connectivity index (χ4n) is 4.53. The van der Waals surface area contributed by atoms with Gasteiger partial charge in [0.25, 0.3) is 0 Å². The monoisotopic (exact) mass is 535 g/mol. The number of rotatable bonds is 10. The van der Waals surface area contributed by atoms with Gasteiger partial charge in [0.2, 0.25) is 0 Å². The first kappa shape index (κ1) is 28.0. The zero-order valence-corrected chi connectivity index (χ0v) is 23.5. The van der Waals surface area contributed by atoms with E-state index in [0.29, 0.717) is 17.0 Å². The number of amides is 1. The van der Waals surface area contributed by atoms with Crippen molar-refractivity contribution in [1.82, 2.24) is 24.3 Å². The van der Waals surface area contributed by atoms with Gasteiger partial charge in [0.15, 0.2) is 6.73 Å². The molecule has 39 heavy (non-hydrogen) atoms. The topological polar surface area (TPSA) is 90.2 Å². The van der Waals surface area contributed by atoms with Gasteiger partial charge in [0.1, 0.15) is 11.5 Å². The van der Waals surface area contributed by atoms with E-state index >= 15 is 0 Å². The van der Waals surface area contributed by atoms with Crippen LogP contribution < -0.4 is 14.8 Å². The molecule has 1 amide bonds. The minimum atomic E-state index is -0.588. The first-order chi connectivity index (χ1) is 18.7. The van der Waals surface area contributed by atoms with E-state index in [1.54, 1.807) is 20.4 Å². The van der Waals surface area contributed by atoms with Gasteiger partial charge in [-0.25, -0.2) is 9.59 Å². The van der Waals surface area contributed by atoms with Gasteiger partial charge >= 0.3 is 12.1 Å². The summed E-state index contributed by atoms with van der Waals surface area (Å²) < 4.78 is 19.2. The van der Waals surface area contributed by atoms with Crippen molar-refractivity contribution in [3.63, 3.8) is 0 Å². The number of likely N-dealkylation sites (N-methyl/N-ethyl adjacent to an activating group) is 2. The fraction of sp³-hybridized carbons (Fsp3) is 0.379. The van der Waals surface area contributed by atoms with Crippen LogP contribution in [0.5, 0.6) is 11.5 Å². The van der Waals surface area contributed by atoms with E-state index in [4.69, 9.17) is 14.2 Å². The Bertz CT molecular complexity index is 1360. The van der Waals surface area contributed by atoms with Crippen molar-refractivity contribution in [3.05, 3.63) is 59.9 Å². The molecule has 2 aromatic heterocycles. The Morgan fingerprint density at radius 2 is 1.26 bits per heavy atom. The predicted octanol–water partition coefficient (Wildman–Crippen LogP) is 4.02. The molecule has 2 aromatic carbocycles. The number of hydrogen-bond acceptors (Lipinski definition) is 7. The van der Waals surface area contributed by atoms with Crippen LogP contribution in [0.15, 0.2) is 48.8 Å². The third kappa shape index (κ3) is 6.35. The average molecular weight is 536 g/mol. The number of nitrogens with zero attached hydrogens (tertiary/aromatic N) is 4. The average Bonchev–Trinajstić information content (AvgIpc) is 3.48. The normalized spacial score (nSPS) is 11.5. The van der Waals surface area contributed by atoms with Gasteiger partial charge < -0.3 is 29.3 Å². The lowest BCUT2D eigenvalue weighted by atomic mass is 10.1. The molecule has 1 N–H and O–H groups in total. The van der Waals surface area contributed by atoms with Crippen LogP contribution in [0.4, 0.5) is 9.59 Å². The number of benzene rings is 2. The van der Waals surface area contributed by atoms with Crippen molar-refractivity contribution >= 4 is 33.9 Å². The quantitative estimate of drug-likeness (QED) is 0.307. The molecule has 10 nitrogen and oxygen atoms in total. The maximum atomic E-state index is 13.2. The molecule has 0 aliphatic rings. The third-order valence-corrected chi connectivity index (χ3v) is 6.68. The molecule has 4 aromatic rings. The lowest BCUT2D eigenvalue weighted by Gasteiger charge is -2.10. The number of ether oxygens (including phenoxy) is 3. The molecule has 0 fully saturated rings. The molecule has 0 unspecified atom stereocenters. The van der Waals surface area contributed by atoms with Crippen LogP contribution in [0.25, 0.3) is 21.8 Å². The lowest BCUT2D eigenvalue weighted by Crippen LogP contribution is -2.32. The highest BCUT2D eigenvalue weighted by atomic mass is 16.6. The summed E-state index contributed by atoms with van der Waals surface area (Å²) in [5, 5.41) is 4.64. The van der Waals surface area contributed by atoms with Crippen LogP contribution in [0, 0.1) is 0 Å². The molecule has 0 atom stereocenters. The van der Waals surface area contributed by atoms with Crippen LogP contribution in [0.2, 0.25) is 0 Å². The summed E-state index contributed by atoms with van der Waals surface area (Å²) in [6, 6.07) is 10.9. The van der Waals surface area contributed by atoms with Crippen LogP contribution in [0.3, 0.4) is 0 Å². The van der Waals surface area contributed by atoms with Crippen molar-refractivity contribution < 1.29 is 23.8 Å². The van der Waals surface area contributed by atoms with Crippen LogP contribution in [-0.4, -0.2) is 93.3 Å². The van der Waals surface area contributed by atoms with E-state index in [1.165, 1.54) is 9.13 Å². The molecule has 0 radical (unpaired) electrons. The Balaban J connectivity index is 1.51. The van der Waals surface area contributed by atoms with Crippen LogP contribution in [-0.2, 0) is 17.6 Å². The van der Waals surface area contributed by atoms with Gasteiger partial charge in [0.05, 0.1) is 25.3 Å². The third-order valence-electron chi connectivity index (χ3n) is 6.68. The van der Waals surface area contributed by atoms with Crippen molar-refractivity contribution in [2.24, 2.45) is 0 Å². The Labute approximate surface area is 228 Å². The number of aromatic nitrogens is 2. The van der Waals surface area contributed by atoms with Gasteiger partial charge in [-0.3, -0.25) is 9.13 Å². The van der Waals surface area contributed by atoms with E-state index in [2.05, 4.69) is 15.1 Å². The summed E-state index contributed by atoms with van der Waals surface area (Å²) in [5.41, 5.74) is 3.49. The first-order valence-electron chi connectivity index (χ1n) is 12.8. The zero-order chi connectivity index (χ0) is 28.1. The smallest absolute Gasteiger partial charge is 0.420 e. The Morgan fingerprint density at radius 3 is 1.74 bits per heavy atom. The molecular weight excluding hydrogens is 498 g/mol. The SMILES string of the molecule is COc1ccc2c(CCN(C)C)cn(C(=O)NCOC(=O)n3cc(CCN(C)C)c4ccc(OC)cc43)c2c1. The van der Waals surface area contributed by atoms with Gasteiger partial charge in [-0.2, -0.15) is 0 Å². The molecule has 208 valence electrons. The number of carbonyl (C=O) groups is 2. The molecule has 4 rings (SSSR count). The van der Waals surface area contributed by atoms with Gasteiger partial charge in [-0.05, 0) is 76.4 Å². The highest BCUT2D eigenvalue weighted by Gasteiger charge is 2.18. The minimum Gasteiger partial charge on any atom is -0.497 e. The van der Waals surface area contributed by atoms with E-state index in [-0.39, 0.29) is 6.73 Å². The molecule has 0 spiro atoms. The maximum absolute atomic E-state index is 13.2. The largest absolute Gasteiger partial charge is 0.497 e. The lowest BCUT2D eigenvalue weighted by molar-refractivity contribution is 0.141. The van der Waals surface area contributed by atoms with Crippen molar-refractivity contribution in [2.45, 2.75) is 12.8 Å². The van der Waals surface area contributed by atoms with E-state index in [0.717, 1.165) is 53.3 Å². The Kier molecular flexibility index (Phi) is 8.78. The number of carbonyl (C=O) groups excluding carboxylic acids is 2. The molecule has 10 heteroatoms. The summed E-state index contributed by atoms with van der Waals surface area (Å²) in [5.74, 6) is 1.29. The standard InChI is InChI=1S/C29H37N5O5/c1-31(2)13-11-20-17-33(26-15-22(37-5)7-9-24(20)26)28(35)30-19-39-29(36)34-18-21(12-14-32(3)4)25-10-8-23(38-6)16-27(25)34/h7-10,15-18H,11-14,19H2,1-6H3,(H,30,35). The second-order valence-corrected chi connectivity index (χ2v) is 9.96. The number of fused-ring (bicyclic) bond motifs is 2. The van der Waals surface area contributed by atoms with Crippen LogP contribution >= 0.6 is 0 Å². The summed E-state index contributed by atoms with van der Waals surface area (Å²) in [4.78, 5) is 30.4. The van der Waals surface area contributed by atoms with Crippen LogP contribution in [0.1, 0.15) is 11.1 Å². The van der Waals surface area contributed by atoms with Gasteiger partial charge in [-0.15, -0.1) is 0 Å². The van der Waals surface area contributed by atoms with Crippen molar-refractivity contribution in [3.8, 4) is 11.5 Å². The van der Waals surface area contributed by atoms with Crippen molar-refractivity contribution in [1.29, 1.82) is 0 Å². The molecular formula is C29H37N5O5.